The smallest absolute Gasteiger partial charge is 0.344 e. The fourth-order valence-electron chi connectivity index (χ4n) is 7.56. The number of nitrogens with one attached hydrogen (secondary N) is 4. The van der Waals surface area contributed by atoms with Crippen LogP contribution in [0.15, 0.2) is 18.2 Å². The summed E-state index contributed by atoms with van der Waals surface area (Å²) >= 11 is 12.7. The lowest BCUT2D eigenvalue weighted by Crippen LogP contribution is -2.60. The lowest BCUT2D eigenvalue weighted by Gasteiger charge is -2.38. The zero-order chi connectivity index (χ0) is 54.2. The fraction of sp³-hybridized carbons (Fsp3) is 0.698. The highest BCUT2D eigenvalue weighted by Crippen LogP contribution is 2.49. The Hall–Kier alpha value is -4.12. The van der Waals surface area contributed by atoms with Crippen molar-refractivity contribution in [2.45, 2.75) is 154 Å². The number of carbonyl (C=O) groups is 7. The van der Waals surface area contributed by atoms with Gasteiger partial charge < -0.3 is 36.0 Å². The van der Waals surface area contributed by atoms with Gasteiger partial charge in [0.15, 0.2) is 0 Å². The van der Waals surface area contributed by atoms with Gasteiger partial charge in [-0.3, -0.25) is 33.6 Å². The first-order valence-electron chi connectivity index (χ1n) is 25.3. The Balaban J connectivity index is 2.20. The van der Waals surface area contributed by atoms with E-state index in [1.165, 1.54) is 32.0 Å². The summed E-state index contributed by atoms with van der Waals surface area (Å²) in [5.74, 6) is -9.64. The van der Waals surface area contributed by atoms with Gasteiger partial charge in [-0.05, 0) is 88.0 Å². The van der Waals surface area contributed by atoms with Gasteiger partial charge in [0.2, 0.25) is 41.4 Å². The number of alkyl halides is 3. The van der Waals surface area contributed by atoms with Crippen molar-refractivity contribution in [3.05, 3.63) is 33.8 Å². The molecule has 14 nitrogen and oxygen atoms in total. The monoisotopic (exact) mass is 926 g/mol. The minimum atomic E-state index is -4.95. The first-order chi connectivity index (χ1) is 32.6. The molecule has 0 unspecified atom stereocenters. The number of hydrogen-bond donors (Lipinski definition) is 4. The topological polar surface area (TPSA) is 177 Å². The largest absolute Gasteiger partial charge is 0.403 e. The zero-order valence-corrected chi connectivity index (χ0v) is 37.1. The standard InChI is InChI=1S/C43H64Cl2F3N7O7/c1-9-30(52-41(62)42(43(46,47)48)19-13-11-14-20-42)35(56)49-26(5)38(59)54(7)33-16-12-15-21-53(6)39(60)31(10-2)50-37(58)34(24-27-23-28(44)17-18-29(27)45)55(8)40(61)32(22-25(3)4)51-36(33)57/h17-18,23,25-26,30-34H,9-16,19-22,24H2,1-8H3,(H,49,56)(H,50,58)(H,51,57)(H,52,62)/t26-,30-,31+,32-,33-,34-/m0/s1/i6D3,7D3,8D3. The molecule has 0 bridgehead atoms. The minimum Gasteiger partial charge on any atom is -0.344 e. The summed E-state index contributed by atoms with van der Waals surface area (Å²) in [6, 6.07) is -7.04. The Bertz CT molecular complexity index is 2100. The molecule has 0 spiro atoms. The van der Waals surface area contributed by atoms with Gasteiger partial charge in [-0.2, -0.15) is 13.2 Å². The van der Waals surface area contributed by atoms with Crippen molar-refractivity contribution >= 4 is 64.6 Å². The Morgan fingerprint density at radius 2 is 1.61 bits per heavy atom. The van der Waals surface area contributed by atoms with Crippen molar-refractivity contribution in [1.82, 2.24) is 36.0 Å². The molecule has 3 rings (SSSR count). The molecule has 4 N–H and O–H groups in total. The van der Waals surface area contributed by atoms with Gasteiger partial charge in [0.05, 0.1) is 0 Å². The van der Waals surface area contributed by atoms with Gasteiger partial charge in [0.25, 0.3) is 0 Å². The van der Waals surface area contributed by atoms with Gasteiger partial charge >= 0.3 is 6.18 Å². The van der Waals surface area contributed by atoms with E-state index in [4.69, 9.17) is 35.5 Å². The number of nitrogens with zero attached hydrogens (tertiary/aromatic N) is 3. The maximum absolute atomic E-state index is 14.9. The Kier molecular flexibility index (Phi) is 14.6. The lowest BCUT2D eigenvalue weighted by molar-refractivity contribution is -0.230. The molecule has 348 valence electrons. The van der Waals surface area contributed by atoms with Gasteiger partial charge in [-0.1, -0.05) is 70.2 Å². The predicted molar refractivity (Wildman–Crippen MR) is 230 cm³/mol. The van der Waals surface area contributed by atoms with Crippen LogP contribution in [0.5, 0.6) is 0 Å². The summed E-state index contributed by atoms with van der Waals surface area (Å²) in [5.41, 5.74) is -2.70. The number of halogens is 5. The van der Waals surface area contributed by atoms with Gasteiger partial charge in [0.1, 0.15) is 41.7 Å². The van der Waals surface area contributed by atoms with Crippen LogP contribution in [-0.4, -0.2) is 126 Å². The third-order valence-corrected chi connectivity index (χ3v) is 11.9. The molecule has 2 aliphatic rings. The summed E-state index contributed by atoms with van der Waals surface area (Å²) < 4.78 is 119. The van der Waals surface area contributed by atoms with Crippen LogP contribution in [0.3, 0.4) is 0 Å². The first kappa shape index (κ1) is 39.5. The molecule has 2 fully saturated rings. The Labute approximate surface area is 385 Å². The molecule has 0 radical (unpaired) electrons. The Morgan fingerprint density at radius 1 is 0.935 bits per heavy atom. The van der Waals surface area contributed by atoms with Crippen molar-refractivity contribution in [2.75, 3.05) is 27.5 Å². The third-order valence-electron chi connectivity index (χ3n) is 11.3. The van der Waals surface area contributed by atoms with Crippen molar-refractivity contribution in [3.8, 4) is 0 Å². The zero-order valence-electron chi connectivity index (χ0n) is 44.6. The summed E-state index contributed by atoms with van der Waals surface area (Å²) in [7, 11) is 0. The molecule has 1 saturated carbocycles. The summed E-state index contributed by atoms with van der Waals surface area (Å²) in [5, 5.41) is 9.31. The molecular weight excluding hydrogens is 854 g/mol. The van der Waals surface area contributed by atoms with Crippen molar-refractivity contribution in [3.63, 3.8) is 0 Å². The molecular formula is C43H64Cl2F3N7O7. The van der Waals surface area contributed by atoms with Crippen LogP contribution in [0, 0.1) is 11.3 Å². The number of benzene rings is 1. The van der Waals surface area contributed by atoms with Crippen molar-refractivity contribution < 1.29 is 59.1 Å². The number of rotatable bonds is 12. The van der Waals surface area contributed by atoms with Crippen LogP contribution in [0.2, 0.25) is 10.0 Å². The number of amides is 7. The van der Waals surface area contributed by atoms with E-state index in [9.17, 15) is 46.7 Å². The van der Waals surface area contributed by atoms with Gasteiger partial charge in [0, 0.05) is 56.3 Å². The quantitative estimate of drug-likeness (QED) is 0.224. The van der Waals surface area contributed by atoms with Crippen molar-refractivity contribution in [1.29, 1.82) is 0 Å². The van der Waals surface area contributed by atoms with Crippen LogP contribution < -0.4 is 21.3 Å². The predicted octanol–water partition coefficient (Wildman–Crippen LogP) is 5.17. The average Bonchev–Trinajstić information content (AvgIpc) is 3.24. The second-order valence-electron chi connectivity index (χ2n) is 16.3. The molecule has 0 aromatic heterocycles. The maximum atomic E-state index is 14.9. The van der Waals surface area contributed by atoms with Crippen LogP contribution in [0.25, 0.3) is 0 Å². The SMILES string of the molecule is [2H]C([2H])([2H])N1CCCC[C@H](N(C(=O)[C@H](C)NC(=O)[C@H](CC)NC(=O)C2(C(F)(F)F)CCCCC2)C([2H])([2H])[2H])C(=O)N[C@@H](CC(C)C)C(=O)N(C([2H])([2H])[2H])[C@@H](Cc2cc(Cl)ccc2Cl)C(=O)N[C@H](CC)C1=O. The number of hydrogen-bond acceptors (Lipinski definition) is 7. The van der Waals surface area contributed by atoms with Crippen LogP contribution in [0.1, 0.15) is 123 Å². The summed E-state index contributed by atoms with van der Waals surface area (Å²) in [4.78, 5) is 100. The highest BCUT2D eigenvalue weighted by atomic mass is 35.5. The summed E-state index contributed by atoms with van der Waals surface area (Å²) in [6.45, 7) is -3.70. The minimum absolute atomic E-state index is 0.0112. The van der Waals surface area contributed by atoms with Gasteiger partial charge in [-0.25, -0.2) is 0 Å². The van der Waals surface area contributed by atoms with Crippen LogP contribution in [0.4, 0.5) is 13.2 Å². The van der Waals surface area contributed by atoms with E-state index in [2.05, 4.69) is 21.3 Å². The lowest BCUT2D eigenvalue weighted by atomic mass is 9.72. The second kappa shape index (κ2) is 23.0. The molecule has 6 atom stereocenters. The number of carbonyl (C=O) groups excluding carboxylic acids is 7. The van der Waals surface area contributed by atoms with E-state index in [1.54, 1.807) is 13.8 Å². The second-order valence-corrected chi connectivity index (χ2v) is 17.2. The maximum Gasteiger partial charge on any atom is 0.403 e. The molecule has 1 aliphatic heterocycles. The Morgan fingerprint density at radius 3 is 2.19 bits per heavy atom. The van der Waals surface area contributed by atoms with E-state index in [0.29, 0.717) is 11.3 Å². The fourth-order valence-corrected chi connectivity index (χ4v) is 7.95. The molecule has 1 heterocycles. The first-order valence-corrected chi connectivity index (χ1v) is 21.6. The van der Waals surface area contributed by atoms with Crippen LogP contribution in [-0.2, 0) is 40.0 Å². The highest BCUT2D eigenvalue weighted by molar-refractivity contribution is 6.33. The van der Waals surface area contributed by atoms with E-state index in [1.807, 2.05) is 0 Å². The molecule has 62 heavy (non-hydrogen) atoms. The van der Waals surface area contributed by atoms with E-state index in [-0.39, 0.29) is 70.4 Å². The number of likely N-dealkylation sites (N-methyl/N-ethyl adjacent to an activating group) is 3. The van der Waals surface area contributed by atoms with E-state index in [0.717, 1.165) is 6.92 Å². The third kappa shape index (κ3) is 13.2. The molecule has 1 aliphatic carbocycles. The molecule has 1 aromatic rings. The normalized spacial score (nSPS) is 26.0. The molecule has 1 aromatic carbocycles. The molecule has 7 amide bonds. The average molecular weight is 928 g/mol. The highest BCUT2D eigenvalue weighted by Gasteiger charge is 2.60. The van der Waals surface area contributed by atoms with Gasteiger partial charge in [-0.15, -0.1) is 0 Å². The van der Waals surface area contributed by atoms with Crippen molar-refractivity contribution in [2.24, 2.45) is 11.3 Å². The van der Waals surface area contributed by atoms with E-state index < -0.39 is 148 Å². The van der Waals surface area contributed by atoms with E-state index >= 15 is 0 Å². The summed E-state index contributed by atoms with van der Waals surface area (Å²) in [6.07, 6.45) is -7.87. The molecule has 19 heteroatoms. The molecule has 1 saturated heterocycles. The van der Waals surface area contributed by atoms with Crippen LogP contribution >= 0.6 is 23.2 Å².